The maximum absolute atomic E-state index is 13.4. The van der Waals surface area contributed by atoms with Crippen molar-refractivity contribution in [1.29, 1.82) is 0 Å². The van der Waals surface area contributed by atoms with E-state index in [1.165, 1.54) is 0 Å². The van der Waals surface area contributed by atoms with Gasteiger partial charge in [-0.05, 0) is 56.2 Å². The summed E-state index contributed by atoms with van der Waals surface area (Å²) < 4.78 is 2.05. The highest BCUT2D eigenvalue weighted by molar-refractivity contribution is 6.01. The molecule has 2 aromatic carbocycles. The van der Waals surface area contributed by atoms with Crippen molar-refractivity contribution in [1.82, 2.24) is 19.4 Å². The lowest BCUT2D eigenvalue weighted by Crippen LogP contribution is -2.30. The van der Waals surface area contributed by atoms with E-state index in [1.807, 2.05) is 63.4 Å². The molecule has 6 nitrogen and oxygen atoms in total. The first kappa shape index (κ1) is 25.2. The zero-order valence-corrected chi connectivity index (χ0v) is 21.7. The lowest BCUT2D eigenvalue weighted by Gasteiger charge is -2.24. The minimum absolute atomic E-state index is 0.0693. The number of benzene rings is 2. The van der Waals surface area contributed by atoms with Crippen LogP contribution in [0, 0.1) is 12.3 Å². The number of rotatable bonds is 3. The van der Waals surface area contributed by atoms with E-state index < -0.39 is 5.60 Å². The van der Waals surface area contributed by atoms with Gasteiger partial charge < -0.3 is 10.0 Å². The zero-order valence-electron chi connectivity index (χ0n) is 21.7. The number of aromatic nitrogens is 3. The van der Waals surface area contributed by atoms with Crippen molar-refractivity contribution in [2.75, 3.05) is 7.05 Å². The van der Waals surface area contributed by atoms with Crippen LogP contribution in [0.25, 0.3) is 27.8 Å². The standard InChI is InChI=1S/C28H26N4O2.C2H6/c1-6-17-9-8-10-20-25(17)32-23-15-18(19-12-14-24(29-16-19)28(3,4)34)11-13-21(23)30-26(32)22(7-2)31(5)27(20)33;1-2/h1,8-16,22,34H,7H2,2-5H3;1-2H3. The Bertz CT molecular complexity index is 1470. The van der Waals surface area contributed by atoms with Crippen molar-refractivity contribution in [2.45, 2.75) is 52.7 Å². The Hall–Kier alpha value is -3.95. The van der Waals surface area contributed by atoms with Crippen LogP contribution in [0.5, 0.6) is 0 Å². The second-order valence-corrected chi connectivity index (χ2v) is 9.19. The van der Waals surface area contributed by atoms with E-state index in [-0.39, 0.29) is 11.9 Å². The normalized spacial score (nSPS) is 14.9. The maximum atomic E-state index is 13.4. The number of fused-ring (bicyclic) bond motifs is 5. The van der Waals surface area contributed by atoms with Gasteiger partial charge in [-0.1, -0.05) is 44.9 Å². The second kappa shape index (κ2) is 9.60. The Morgan fingerprint density at radius 1 is 1.11 bits per heavy atom. The second-order valence-electron chi connectivity index (χ2n) is 9.19. The Labute approximate surface area is 212 Å². The fraction of sp³-hybridized carbons (Fsp3) is 0.300. The molecule has 0 radical (unpaired) electrons. The summed E-state index contributed by atoms with van der Waals surface area (Å²) in [6.07, 6.45) is 8.36. The largest absolute Gasteiger partial charge is 0.384 e. The Morgan fingerprint density at radius 3 is 2.44 bits per heavy atom. The lowest BCUT2D eigenvalue weighted by molar-refractivity contribution is 0.0723. The number of nitrogens with zero attached hydrogens (tertiary/aromatic N) is 4. The molecule has 1 unspecified atom stereocenters. The number of imidazole rings is 1. The smallest absolute Gasteiger partial charge is 0.256 e. The van der Waals surface area contributed by atoms with Gasteiger partial charge in [-0.2, -0.15) is 0 Å². The van der Waals surface area contributed by atoms with Gasteiger partial charge in [0.2, 0.25) is 0 Å². The van der Waals surface area contributed by atoms with Gasteiger partial charge in [0.05, 0.1) is 34.0 Å². The molecule has 6 heteroatoms. The molecule has 1 aliphatic heterocycles. The van der Waals surface area contributed by atoms with E-state index in [9.17, 15) is 9.90 Å². The Balaban J connectivity index is 0.00000148. The monoisotopic (exact) mass is 480 g/mol. The number of hydrogen-bond acceptors (Lipinski definition) is 4. The number of pyridine rings is 1. The molecule has 4 aromatic rings. The van der Waals surface area contributed by atoms with E-state index >= 15 is 0 Å². The number of amides is 1. The average molecular weight is 481 g/mol. The first-order valence-corrected chi connectivity index (χ1v) is 12.3. The number of carbonyl (C=O) groups is 1. The van der Waals surface area contributed by atoms with Crippen LogP contribution in [-0.2, 0) is 5.60 Å². The average Bonchev–Trinajstić information content (AvgIpc) is 3.22. The van der Waals surface area contributed by atoms with Gasteiger partial charge >= 0.3 is 0 Å². The number of carbonyl (C=O) groups excluding carboxylic acids is 1. The summed E-state index contributed by atoms with van der Waals surface area (Å²) in [6.45, 7) is 9.48. The fourth-order valence-corrected chi connectivity index (χ4v) is 4.69. The molecule has 0 saturated carbocycles. The van der Waals surface area contributed by atoms with Crippen LogP contribution in [0.3, 0.4) is 0 Å². The molecule has 1 amide bonds. The molecule has 1 atom stereocenters. The van der Waals surface area contributed by atoms with E-state index in [4.69, 9.17) is 11.4 Å². The first-order chi connectivity index (χ1) is 17.2. The molecule has 1 N–H and O–H groups in total. The highest BCUT2D eigenvalue weighted by Crippen LogP contribution is 2.38. The lowest BCUT2D eigenvalue weighted by atomic mass is 10.0. The molecule has 0 aliphatic carbocycles. The molecule has 2 aromatic heterocycles. The molecule has 0 bridgehead atoms. The van der Waals surface area contributed by atoms with E-state index in [2.05, 4.69) is 28.5 Å². The zero-order chi connectivity index (χ0) is 26.2. The predicted octanol–water partition coefficient (Wildman–Crippen LogP) is 5.86. The molecule has 5 rings (SSSR count). The van der Waals surface area contributed by atoms with E-state index in [0.29, 0.717) is 22.5 Å². The molecular formula is C30H32N4O2. The van der Waals surface area contributed by atoms with Crippen LogP contribution in [-0.4, -0.2) is 37.5 Å². The predicted molar refractivity (Wildman–Crippen MR) is 144 cm³/mol. The highest BCUT2D eigenvalue weighted by Gasteiger charge is 2.34. The van der Waals surface area contributed by atoms with Crippen molar-refractivity contribution in [2.24, 2.45) is 0 Å². The van der Waals surface area contributed by atoms with Crippen molar-refractivity contribution in [3.63, 3.8) is 0 Å². The molecule has 36 heavy (non-hydrogen) atoms. The van der Waals surface area contributed by atoms with E-state index in [1.54, 1.807) is 24.9 Å². The van der Waals surface area contributed by atoms with Crippen molar-refractivity contribution >= 4 is 16.9 Å². The minimum Gasteiger partial charge on any atom is -0.384 e. The number of para-hydroxylation sites is 1. The molecular weight excluding hydrogens is 448 g/mol. The van der Waals surface area contributed by atoms with Gasteiger partial charge in [0.25, 0.3) is 5.91 Å². The maximum Gasteiger partial charge on any atom is 0.256 e. The third kappa shape index (κ3) is 4.06. The van der Waals surface area contributed by atoms with Crippen LogP contribution in [0.4, 0.5) is 0 Å². The van der Waals surface area contributed by atoms with Crippen LogP contribution >= 0.6 is 0 Å². The van der Waals surface area contributed by atoms with Crippen LogP contribution in [0.1, 0.15) is 74.5 Å². The van der Waals surface area contributed by atoms with Crippen LogP contribution in [0.2, 0.25) is 0 Å². The molecule has 0 saturated heterocycles. The summed E-state index contributed by atoms with van der Waals surface area (Å²) in [5, 5.41) is 10.2. The van der Waals surface area contributed by atoms with Crippen molar-refractivity contribution < 1.29 is 9.90 Å². The first-order valence-electron chi connectivity index (χ1n) is 12.3. The molecule has 0 spiro atoms. The van der Waals surface area contributed by atoms with Crippen LogP contribution < -0.4 is 0 Å². The van der Waals surface area contributed by atoms with Gasteiger partial charge in [0.1, 0.15) is 11.4 Å². The van der Waals surface area contributed by atoms with Gasteiger partial charge in [0.15, 0.2) is 0 Å². The Kier molecular flexibility index (Phi) is 6.71. The van der Waals surface area contributed by atoms with Crippen molar-refractivity contribution in [3.8, 4) is 29.2 Å². The van der Waals surface area contributed by atoms with E-state index in [0.717, 1.165) is 34.4 Å². The summed E-state index contributed by atoms with van der Waals surface area (Å²) in [5.74, 6) is 3.48. The summed E-state index contributed by atoms with van der Waals surface area (Å²) >= 11 is 0. The summed E-state index contributed by atoms with van der Waals surface area (Å²) in [4.78, 5) is 24.5. The summed E-state index contributed by atoms with van der Waals surface area (Å²) in [7, 11) is 1.82. The molecule has 1 aliphatic rings. The fourth-order valence-electron chi connectivity index (χ4n) is 4.69. The van der Waals surface area contributed by atoms with Crippen LogP contribution in [0.15, 0.2) is 54.7 Å². The summed E-state index contributed by atoms with van der Waals surface area (Å²) in [6, 6.07) is 15.2. The third-order valence-electron chi connectivity index (χ3n) is 6.52. The third-order valence-corrected chi connectivity index (χ3v) is 6.52. The van der Waals surface area contributed by atoms with Gasteiger partial charge in [-0.3, -0.25) is 14.3 Å². The van der Waals surface area contributed by atoms with Crippen molar-refractivity contribution in [3.05, 3.63) is 77.4 Å². The SMILES string of the molecule is C#Cc1cccc2c1-n1c(nc3ccc(-c4ccc(C(C)(C)O)nc4)cc31)C(CC)N(C)C2=O.CC. The quantitative estimate of drug-likeness (QED) is 0.373. The topological polar surface area (TPSA) is 71.2 Å². The number of hydrogen-bond donors (Lipinski definition) is 1. The number of terminal acetylenes is 1. The number of aliphatic hydroxyl groups is 1. The summed E-state index contributed by atoms with van der Waals surface area (Å²) in [5.41, 5.74) is 5.11. The van der Waals surface area contributed by atoms with Gasteiger partial charge in [-0.15, -0.1) is 6.42 Å². The molecule has 3 heterocycles. The Morgan fingerprint density at radius 2 is 1.83 bits per heavy atom. The molecule has 0 fully saturated rings. The highest BCUT2D eigenvalue weighted by atomic mass is 16.3. The molecule has 184 valence electrons. The van der Waals surface area contributed by atoms with Gasteiger partial charge in [0, 0.05) is 24.4 Å². The van der Waals surface area contributed by atoms with Gasteiger partial charge in [-0.25, -0.2) is 4.98 Å². The minimum atomic E-state index is -1.01.